The van der Waals surface area contributed by atoms with Gasteiger partial charge in [-0.25, -0.2) is 0 Å². The smallest absolute Gasteiger partial charge is 0.399 e. The molecule has 18 heavy (non-hydrogen) atoms. The molecule has 0 spiro atoms. The molecule has 0 radical (unpaired) electrons. The average Bonchev–Trinajstić information content (AvgIpc) is 2.49. The van der Waals surface area contributed by atoms with Crippen LogP contribution in [0, 0.1) is 0 Å². The first-order valence-electron chi connectivity index (χ1n) is 6.66. The number of pyridine rings is 1. The molecule has 1 aliphatic rings. The van der Waals surface area contributed by atoms with Crippen LogP contribution in [0.1, 0.15) is 46.6 Å². The Hall–Kier alpha value is -0.865. The Morgan fingerprint density at radius 2 is 1.78 bits per heavy atom. The van der Waals surface area contributed by atoms with Crippen LogP contribution in [0.3, 0.4) is 0 Å². The summed E-state index contributed by atoms with van der Waals surface area (Å²) in [4.78, 5) is 4.20. The van der Waals surface area contributed by atoms with Gasteiger partial charge in [0.2, 0.25) is 0 Å². The Labute approximate surface area is 110 Å². The molecular weight excluding hydrogens is 225 g/mol. The summed E-state index contributed by atoms with van der Waals surface area (Å²) in [5.41, 5.74) is 1.76. The van der Waals surface area contributed by atoms with Crippen molar-refractivity contribution in [1.82, 2.24) is 4.98 Å². The van der Waals surface area contributed by atoms with Gasteiger partial charge in [0.25, 0.3) is 0 Å². The van der Waals surface area contributed by atoms with Crippen molar-refractivity contribution in [3.63, 3.8) is 0 Å². The predicted molar refractivity (Wildman–Crippen MR) is 73.9 cm³/mol. The molecule has 0 bridgehead atoms. The van der Waals surface area contributed by atoms with Gasteiger partial charge in [0.1, 0.15) is 0 Å². The summed E-state index contributed by atoms with van der Waals surface area (Å²) in [6.45, 7) is 10.5. The molecule has 4 heteroatoms. The molecule has 1 fully saturated rings. The molecule has 3 nitrogen and oxygen atoms in total. The molecule has 1 aliphatic heterocycles. The van der Waals surface area contributed by atoms with Crippen molar-refractivity contribution in [1.29, 1.82) is 0 Å². The lowest BCUT2D eigenvalue weighted by Crippen LogP contribution is -2.41. The molecule has 1 aromatic heterocycles. The highest BCUT2D eigenvalue weighted by atomic mass is 16.7. The minimum absolute atomic E-state index is 0.278. The molecule has 0 aliphatic carbocycles. The summed E-state index contributed by atoms with van der Waals surface area (Å²) < 4.78 is 12.2. The highest BCUT2D eigenvalue weighted by Crippen LogP contribution is 2.36. The van der Waals surface area contributed by atoms with Gasteiger partial charge in [-0.1, -0.05) is 13.3 Å². The van der Waals surface area contributed by atoms with Crippen molar-refractivity contribution in [3.8, 4) is 0 Å². The van der Waals surface area contributed by atoms with Crippen LogP contribution in [-0.2, 0) is 15.7 Å². The lowest BCUT2D eigenvalue weighted by atomic mass is 9.76. The van der Waals surface area contributed by atoms with Gasteiger partial charge >= 0.3 is 7.12 Å². The topological polar surface area (TPSA) is 31.4 Å². The Kier molecular flexibility index (Phi) is 3.52. The number of hydrogen-bond donors (Lipinski definition) is 0. The van der Waals surface area contributed by atoms with Crippen LogP contribution in [0.4, 0.5) is 0 Å². The van der Waals surface area contributed by atoms with E-state index in [1.165, 1.54) is 5.56 Å². The summed E-state index contributed by atoms with van der Waals surface area (Å²) in [5.74, 6) is 0. The molecule has 1 saturated heterocycles. The van der Waals surface area contributed by atoms with E-state index >= 15 is 0 Å². The number of rotatable bonds is 3. The molecule has 0 aromatic carbocycles. The lowest BCUT2D eigenvalue weighted by molar-refractivity contribution is 0.00578. The average molecular weight is 247 g/mol. The van der Waals surface area contributed by atoms with Gasteiger partial charge in [-0.05, 0) is 51.2 Å². The third-order valence-corrected chi connectivity index (χ3v) is 3.97. The van der Waals surface area contributed by atoms with Crippen LogP contribution in [-0.4, -0.2) is 23.3 Å². The van der Waals surface area contributed by atoms with E-state index in [9.17, 15) is 0 Å². The Bertz CT molecular complexity index is 416. The van der Waals surface area contributed by atoms with Crippen molar-refractivity contribution in [2.24, 2.45) is 0 Å². The standard InChI is InChI=1S/C14H22BNO2/c1-6-7-11-10-16-9-8-12(11)15-17-13(2,3)14(4,5)18-15/h8-10H,6-7H2,1-5H3. The van der Waals surface area contributed by atoms with Crippen LogP contribution in [0.2, 0.25) is 0 Å². The monoisotopic (exact) mass is 247 g/mol. The molecule has 0 saturated carbocycles. The quantitative estimate of drug-likeness (QED) is 0.768. The summed E-state index contributed by atoms with van der Waals surface area (Å²) in [6.07, 6.45) is 5.83. The van der Waals surface area contributed by atoms with Gasteiger partial charge in [0.05, 0.1) is 11.2 Å². The fourth-order valence-corrected chi connectivity index (χ4v) is 2.12. The third kappa shape index (κ3) is 2.32. The van der Waals surface area contributed by atoms with E-state index in [0.29, 0.717) is 0 Å². The normalized spacial score (nSPS) is 21.3. The second kappa shape index (κ2) is 4.67. The number of nitrogens with zero attached hydrogens (tertiary/aromatic N) is 1. The molecule has 2 heterocycles. The van der Waals surface area contributed by atoms with Gasteiger partial charge in [0, 0.05) is 12.4 Å². The number of aryl methyl sites for hydroxylation is 1. The molecule has 98 valence electrons. The number of hydrogen-bond acceptors (Lipinski definition) is 3. The Morgan fingerprint density at radius 3 is 2.33 bits per heavy atom. The fraction of sp³-hybridized carbons (Fsp3) is 0.643. The van der Waals surface area contributed by atoms with Gasteiger partial charge in [-0.3, -0.25) is 4.98 Å². The zero-order valence-corrected chi connectivity index (χ0v) is 12.0. The largest absolute Gasteiger partial charge is 0.495 e. The van der Waals surface area contributed by atoms with Crippen LogP contribution in [0.25, 0.3) is 0 Å². The number of aromatic nitrogens is 1. The van der Waals surface area contributed by atoms with Gasteiger partial charge < -0.3 is 9.31 Å². The Balaban J connectivity index is 2.29. The zero-order valence-electron chi connectivity index (χ0n) is 12.0. The van der Waals surface area contributed by atoms with E-state index in [0.717, 1.165) is 18.3 Å². The van der Waals surface area contributed by atoms with E-state index in [-0.39, 0.29) is 18.3 Å². The lowest BCUT2D eigenvalue weighted by Gasteiger charge is -2.32. The van der Waals surface area contributed by atoms with Crippen molar-refractivity contribution in [3.05, 3.63) is 24.0 Å². The van der Waals surface area contributed by atoms with Gasteiger partial charge in [0.15, 0.2) is 0 Å². The van der Waals surface area contributed by atoms with Crippen LogP contribution in [0.5, 0.6) is 0 Å². The summed E-state index contributed by atoms with van der Waals surface area (Å²) in [6, 6.07) is 2.01. The first-order valence-corrected chi connectivity index (χ1v) is 6.66. The van der Waals surface area contributed by atoms with Crippen LogP contribution >= 0.6 is 0 Å². The molecule has 0 N–H and O–H groups in total. The third-order valence-electron chi connectivity index (χ3n) is 3.97. The minimum Gasteiger partial charge on any atom is -0.399 e. The molecule has 0 amide bonds. The molecule has 2 rings (SSSR count). The second-order valence-electron chi connectivity index (χ2n) is 5.91. The molecule has 0 atom stereocenters. The van der Waals surface area contributed by atoms with E-state index in [2.05, 4.69) is 39.6 Å². The summed E-state index contributed by atoms with van der Waals surface area (Å²) >= 11 is 0. The molecule has 0 unspecified atom stereocenters. The van der Waals surface area contributed by atoms with Crippen molar-refractivity contribution in [2.45, 2.75) is 58.7 Å². The first-order chi connectivity index (χ1) is 8.37. The van der Waals surface area contributed by atoms with Crippen LogP contribution in [0.15, 0.2) is 18.5 Å². The van der Waals surface area contributed by atoms with Crippen molar-refractivity contribution in [2.75, 3.05) is 0 Å². The zero-order chi connectivity index (χ0) is 13.4. The SMILES string of the molecule is CCCc1cnccc1B1OC(C)(C)C(C)(C)O1. The Morgan fingerprint density at radius 1 is 1.17 bits per heavy atom. The van der Waals surface area contributed by atoms with Crippen LogP contribution < -0.4 is 5.46 Å². The van der Waals surface area contributed by atoms with Gasteiger partial charge in [-0.2, -0.15) is 0 Å². The minimum atomic E-state index is -0.287. The van der Waals surface area contributed by atoms with Gasteiger partial charge in [-0.15, -0.1) is 0 Å². The maximum Gasteiger partial charge on any atom is 0.495 e. The van der Waals surface area contributed by atoms with Crippen molar-refractivity contribution < 1.29 is 9.31 Å². The first kappa shape index (κ1) is 13.6. The summed E-state index contributed by atoms with van der Waals surface area (Å²) in [7, 11) is -0.278. The van der Waals surface area contributed by atoms with E-state index in [1.807, 2.05) is 12.3 Å². The van der Waals surface area contributed by atoms with E-state index < -0.39 is 0 Å². The molecular formula is C14H22BNO2. The van der Waals surface area contributed by atoms with E-state index in [4.69, 9.17) is 9.31 Å². The maximum atomic E-state index is 6.09. The highest BCUT2D eigenvalue weighted by molar-refractivity contribution is 6.62. The summed E-state index contributed by atoms with van der Waals surface area (Å²) in [5, 5.41) is 0. The predicted octanol–water partition coefficient (Wildman–Crippen LogP) is 2.33. The fourth-order valence-electron chi connectivity index (χ4n) is 2.12. The highest BCUT2D eigenvalue weighted by Gasteiger charge is 2.52. The maximum absolute atomic E-state index is 6.09. The van der Waals surface area contributed by atoms with Crippen molar-refractivity contribution >= 4 is 12.6 Å². The molecule has 1 aromatic rings. The van der Waals surface area contributed by atoms with E-state index in [1.54, 1.807) is 6.20 Å². The second-order valence-corrected chi connectivity index (χ2v) is 5.91.